The second-order valence-electron chi connectivity index (χ2n) is 15.5. The van der Waals surface area contributed by atoms with Crippen molar-refractivity contribution in [1.82, 2.24) is 0 Å². The molecule has 3 atom stereocenters. The van der Waals surface area contributed by atoms with Crippen molar-refractivity contribution < 1.29 is 4.42 Å². The van der Waals surface area contributed by atoms with Gasteiger partial charge in [0.25, 0.3) is 0 Å². The van der Waals surface area contributed by atoms with Gasteiger partial charge in [0.05, 0.1) is 12.0 Å². The zero-order valence-electron chi connectivity index (χ0n) is 31.2. The average molecular weight is 721 g/mol. The van der Waals surface area contributed by atoms with Gasteiger partial charge in [0.2, 0.25) is 0 Å². The molecule has 2 heterocycles. The lowest BCUT2D eigenvalue weighted by Crippen LogP contribution is -2.40. The van der Waals surface area contributed by atoms with Crippen molar-refractivity contribution in [3.63, 3.8) is 0 Å². The van der Waals surface area contributed by atoms with Crippen LogP contribution in [0.25, 0.3) is 43.8 Å². The number of allylic oxidation sites excluding steroid dienone is 5. The Morgan fingerprint density at radius 1 is 0.679 bits per heavy atom. The molecule has 1 aliphatic heterocycles. The third kappa shape index (κ3) is 5.19. The van der Waals surface area contributed by atoms with Crippen LogP contribution in [0, 0.1) is 0 Å². The molecular weight excluding hydrogens is 681 g/mol. The maximum absolute atomic E-state index is 6.22. The Hall–Kier alpha value is -6.84. The smallest absolute Gasteiger partial charge is 0.136 e. The molecule has 268 valence electrons. The molecule has 1 aromatic heterocycles. The first-order chi connectivity index (χ1) is 27.6. The minimum atomic E-state index is -0.161. The Labute approximate surface area is 327 Å². The van der Waals surface area contributed by atoms with Gasteiger partial charge in [0.1, 0.15) is 11.2 Å². The van der Waals surface area contributed by atoms with Gasteiger partial charge in [0.15, 0.2) is 0 Å². The first-order valence-electron chi connectivity index (χ1n) is 19.6. The summed E-state index contributed by atoms with van der Waals surface area (Å²) in [5, 5.41) is 4.83. The van der Waals surface area contributed by atoms with Crippen molar-refractivity contribution in [3.8, 4) is 11.1 Å². The SMILES string of the molecule is CC1(c2ccc3c(ccc4oc5ccccc5c43)c2)C=CC(N(c2ccc(-c3ccccc3)cc2)C2C=CC=C3C2c2ccccc2N3c2ccccc2)=CC1. The van der Waals surface area contributed by atoms with Crippen LogP contribution in [-0.2, 0) is 5.41 Å². The molecule has 0 amide bonds. The predicted octanol–water partition coefficient (Wildman–Crippen LogP) is 13.8. The molecule has 0 spiro atoms. The number of hydrogen-bond donors (Lipinski definition) is 0. The minimum absolute atomic E-state index is 0.0561. The summed E-state index contributed by atoms with van der Waals surface area (Å²) in [7, 11) is 0. The fraction of sp³-hybridized carbons (Fsp3) is 0.0943. The summed E-state index contributed by atoms with van der Waals surface area (Å²) in [6.07, 6.45) is 15.1. The minimum Gasteiger partial charge on any atom is -0.456 e. The Morgan fingerprint density at radius 3 is 2.25 bits per heavy atom. The zero-order valence-corrected chi connectivity index (χ0v) is 31.2. The van der Waals surface area contributed by atoms with Crippen LogP contribution in [0.5, 0.6) is 0 Å². The van der Waals surface area contributed by atoms with Crippen LogP contribution in [0.3, 0.4) is 0 Å². The molecule has 0 fully saturated rings. The highest BCUT2D eigenvalue weighted by atomic mass is 16.3. The molecule has 0 N–H and O–H groups in total. The number of furan rings is 1. The summed E-state index contributed by atoms with van der Waals surface area (Å²) in [6, 6.07) is 59.3. The van der Waals surface area contributed by atoms with Gasteiger partial charge < -0.3 is 14.2 Å². The molecule has 2 aliphatic carbocycles. The zero-order chi connectivity index (χ0) is 37.2. The summed E-state index contributed by atoms with van der Waals surface area (Å²) >= 11 is 0. The number of hydrogen-bond acceptors (Lipinski definition) is 3. The Bertz CT molecular complexity index is 2910. The maximum atomic E-state index is 6.22. The topological polar surface area (TPSA) is 19.6 Å². The van der Waals surface area contributed by atoms with Gasteiger partial charge in [0, 0.05) is 44.6 Å². The van der Waals surface area contributed by atoms with Crippen molar-refractivity contribution in [1.29, 1.82) is 0 Å². The first kappa shape index (κ1) is 32.6. The van der Waals surface area contributed by atoms with Crippen LogP contribution < -0.4 is 9.80 Å². The largest absolute Gasteiger partial charge is 0.456 e. The van der Waals surface area contributed by atoms with Gasteiger partial charge in [-0.05, 0) is 94.1 Å². The van der Waals surface area contributed by atoms with E-state index in [1.807, 2.05) is 6.07 Å². The van der Waals surface area contributed by atoms with Crippen LogP contribution in [0.4, 0.5) is 17.1 Å². The number of fused-ring (bicyclic) bond motifs is 8. The molecule has 3 heteroatoms. The third-order valence-corrected chi connectivity index (χ3v) is 12.2. The van der Waals surface area contributed by atoms with E-state index >= 15 is 0 Å². The van der Waals surface area contributed by atoms with Crippen LogP contribution in [0.1, 0.15) is 30.4 Å². The highest BCUT2D eigenvalue weighted by molar-refractivity contribution is 6.18. The summed E-state index contributed by atoms with van der Waals surface area (Å²) in [4.78, 5) is 5.03. The van der Waals surface area contributed by atoms with Crippen LogP contribution in [0.15, 0.2) is 216 Å². The molecule has 3 unspecified atom stereocenters. The van der Waals surface area contributed by atoms with E-state index in [1.165, 1.54) is 72.3 Å². The van der Waals surface area contributed by atoms with Crippen LogP contribution in [0.2, 0.25) is 0 Å². The van der Waals surface area contributed by atoms with E-state index < -0.39 is 0 Å². The number of benzene rings is 7. The van der Waals surface area contributed by atoms with E-state index in [1.54, 1.807) is 0 Å². The summed E-state index contributed by atoms with van der Waals surface area (Å²) in [5.41, 5.74) is 12.9. The fourth-order valence-corrected chi connectivity index (χ4v) is 9.37. The quantitative estimate of drug-likeness (QED) is 0.170. The lowest BCUT2D eigenvalue weighted by molar-refractivity contribution is 0.587. The van der Waals surface area contributed by atoms with Crippen molar-refractivity contribution in [2.24, 2.45) is 0 Å². The van der Waals surface area contributed by atoms with E-state index in [-0.39, 0.29) is 17.4 Å². The second kappa shape index (κ2) is 12.9. The number of rotatable bonds is 6. The molecular formula is C53H40N2O. The van der Waals surface area contributed by atoms with Gasteiger partial charge in [-0.15, -0.1) is 0 Å². The highest BCUT2D eigenvalue weighted by Crippen LogP contribution is 2.53. The molecule has 0 saturated carbocycles. The van der Waals surface area contributed by atoms with Crippen LogP contribution >= 0.6 is 0 Å². The van der Waals surface area contributed by atoms with E-state index in [4.69, 9.17) is 4.42 Å². The molecule has 7 aromatic carbocycles. The van der Waals surface area contributed by atoms with Crippen LogP contribution in [-0.4, -0.2) is 6.04 Å². The second-order valence-corrected chi connectivity index (χ2v) is 15.5. The Balaban J connectivity index is 0.986. The average Bonchev–Trinajstić information content (AvgIpc) is 3.82. The summed E-state index contributed by atoms with van der Waals surface area (Å²) in [5.74, 6) is 0.143. The lowest BCUT2D eigenvalue weighted by atomic mass is 9.76. The summed E-state index contributed by atoms with van der Waals surface area (Å²) in [6.45, 7) is 2.37. The lowest BCUT2D eigenvalue weighted by Gasteiger charge is -2.41. The maximum Gasteiger partial charge on any atom is 0.136 e. The van der Waals surface area contributed by atoms with E-state index in [2.05, 4.69) is 211 Å². The molecule has 11 rings (SSSR count). The highest BCUT2D eigenvalue weighted by Gasteiger charge is 2.43. The Morgan fingerprint density at radius 2 is 1.43 bits per heavy atom. The molecule has 8 aromatic rings. The van der Waals surface area contributed by atoms with Gasteiger partial charge >= 0.3 is 0 Å². The summed E-state index contributed by atoms with van der Waals surface area (Å²) < 4.78 is 6.22. The monoisotopic (exact) mass is 720 g/mol. The van der Waals surface area contributed by atoms with E-state index in [0.29, 0.717) is 0 Å². The van der Waals surface area contributed by atoms with E-state index in [0.717, 1.165) is 17.6 Å². The molecule has 3 nitrogen and oxygen atoms in total. The molecule has 0 saturated heterocycles. The van der Waals surface area contributed by atoms with Gasteiger partial charge in [-0.1, -0.05) is 153 Å². The van der Waals surface area contributed by atoms with Gasteiger partial charge in [-0.3, -0.25) is 0 Å². The van der Waals surface area contributed by atoms with Crippen molar-refractivity contribution >= 4 is 49.8 Å². The number of para-hydroxylation sites is 3. The predicted molar refractivity (Wildman–Crippen MR) is 234 cm³/mol. The normalized spacial score (nSPS) is 19.9. The Kier molecular flexibility index (Phi) is 7.50. The number of nitrogens with zero attached hydrogens (tertiary/aromatic N) is 2. The third-order valence-electron chi connectivity index (χ3n) is 12.2. The van der Waals surface area contributed by atoms with Gasteiger partial charge in [-0.2, -0.15) is 0 Å². The van der Waals surface area contributed by atoms with E-state index in [9.17, 15) is 0 Å². The molecule has 0 radical (unpaired) electrons. The number of anilines is 3. The molecule has 3 aliphatic rings. The molecule has 0 bridgehead atoms. The van der Waals surface area contributed by atoms with Gasteiger partial charge in [-0.25, -0.2) is 0 Å². The standard InChI is InChI=1S/C53H40N2O/c1-53(39-26-29-43-38(35-39)25-30-50-51(43)45-18-9-11-22-49(45)56-50)33-31-42(32-34-53)54(41-27-23-37(24-28-41)36-13-4-2-5-14-36)47-20-12-21-48-52(47)44-17-8-10-19-46(44)55(48)40-15-6-3-7-16-40/h2-33,35,47,52H,34H2,1H3. The molecule has 56 heavy (non-hydrogen) atoms. The van der Waals surface area contributed by atoms with Crippen molar-refractivity contribution in [2.45, 2.75) is 30.7 Å². The van der Waals surface area contributed by atoms with Crippen molar-refractivity contribution in [2.75, 3.05) is 9.80 Å². The first-order valence-corrected chi connectivity index (χ1v) is 19.6. The van der Waals surface area contributed by atoms with Crippen molar-refractivity contribution in [3.05, 3.63) is 223 Å². The fourth-order valence-electron chi connectivity index (χ4n) is 9.37.